The minimum Gasteiger partial charge on any atom is -0.497 e. The van der Waals surface area contributed by atoms with Gasteiger partial charge in [-0.25, -0.2) is 0 Å². The molecular weight excluding hydrogens is 390 g/mol. The quantitative estimate of drug-likeness (QED) is 0.460. The molecule has 0 saturated heterocycles. The third-order valence-corrected chi connectivity index (χ3v) is 6.44. The number of anilines is 1. The van der Waals surface area contributed by atoms with Crippen molar-refractivity contribution in [1.29, 1.82) is 0 Å². The third-order valence-electron chi connectivity index (χ3n) is 3.35. The normalized spacial score (nSPS) is 10.6. The molecule has 0 aliphatic heterocycles. The Labute approximate surface area is 163 Å². The average molecular weight is 408 g/mol. The molecule has 3 aromatic rings. The van der Waals surface area contributed by atoms with Gasteiger partial charge in [-0.1, -0.05) is 23.1 Å². The summed E-state index contributed by atoms with van der Waals surface area (Å²) in [6.45, 7) is 1.96. The number of carbonyl (C=O) groups is 1. The van der Waals surface area contributed by atoms with Gasteiger partial charge in [-0.2, -0.15) is 0 Å². The fourth-order valence-electron chi connectivity index (χ4n) is 2.12. The number of rotatable bonds is 7. The number of nitrogens with one attached hydrogen (secondary N) is 1. The van der Waals surface area contributed by atoms with Crippen LogP contribution in [-0.4, -0.2) is 30.3 Å². The van der Waals surface area contributed by atoms with Crippen LogP contribution in [0.2, 0.25) is 0 Å². The highest BCUT2D eigenvalue weighted by molar-refractivity contribution is 8.00. The average Bonchev–Trinajstić information content (AvgIpc) is 3.28. The molecular formula is C17H17N3O3S3. The van der Waals surface area contributed by atoms with Crippen molar-refractivity contribution in [3.63, 3.8) is 0 Å². The zero-order valence-corrected chi connectivity index (χ0v) is 16.9. The highest BCUT2D eigenvalue weighted by Gasteiger charge is 2.12. The van der Waals surface area contributed by atoms with Crippen LogP contribution in [0.25, 0.3) is 0 Å². The minimum absolute atomic E-state index is 0.159. The second-order valence-corrected chi connectivity index (χ2v) is 8.44. The molecule has 6 nitrogen and oxygen atoms in total. The summed E-state index contributed by atoms with van der Waals surface area (Å²) in [6, 6.07) is 7.60. The zero-order chi connectivity index (χ0) is 18.5. The van der Waals surface area contributed by atoms with Gasteiger partial charge < -0.3 is 9.47 Å². The van der Waals surface area contributed by atoms with Crippen molar-refractivity contribution in [2.75, 3.05) is 19.5 Å². The predicted octanol–water partition coefficient (Wildman–Crippen LogP) is 4.47. The number of thiophene rings is 1. The molecule has 1 amide bonds. The first-order chi connectivity index (χ1) is 12.6. The van der Waals surface area contributed by atoms with Crippen molar-refractivity contribution in [3.8, 4) is 11.5 Å². The highest BCUT2D eigenvalue weighted by Crippen LogP contribution is 2.31. The first-order valence-corrected chi connectivity index (χ1v) is 10.3. The van der Waals surface area contributed by atoms with Gasteiger partial charge in [0, 0.05) is 11.8 Å². The number of thioether (sulfide) groups is 1. The van der Waals surface area contributed by atoms with Crippen molar-refractivity contribution in [1.82, 2.24) is 10.2 Å². The molecule has 1 aromatic carbocycles. The number of benzene rings is 1. The van der Waals surface area contributed by atoms with Crippen LogP contribution in [0.4, 0.5) is 5.13 Å². The lowest BCUT2D eigenvalue weighted by molar-refractivity contribution is 0.103. The lowest BCUT2D eigenvalue weighted by atomic mass is 10.2. The number of amides is 1. The van der Waals surface area contributed by atoms with Crippen LogP contribution < -0.4 is 14.8 Å². The van der Waals surface area contributed by atoms with Gasteiger partial charge in [0.25, 0.3) is 5.91 Å². The summed E-state index contributed by atoms with van der Waals surface area (Å²) in [5.41, 5.74) is 2.13. The highest BCUT2D eigenvalue weighted by atomic mass is 32.2. The van der Waals surface area contributed by atoms with E-state index in [9.17, 15) is 4.79 Å². The Kier molecular flexibility index (Phi) is 6.12. The second kappa shape index (κ2) is 8.52. The van der Waals surface area contributed by atoms with Gasteiger partial charge >= 0.3 is 0 Å². The summed E-state index contributed by atoms with van der Waals surface area (Å²) in [7, 11) is 3.25. The molecule has 0 bridgehead atoms. The number of nitrogens with zero attached hydrogens (tertiary/aromatic N) is 2. The first kappa shape index (κ1) is 18.7. The number of aryl methyl sites for hydroxylation is 1. The molecule has 3 rings (SSSR count). The van der Waals surface area contributed by atoms with Crippen LogP contribution in [-0.2, 0) is 5.75 Å². The number of ether oxygens (including phenoxy) is 2. The minimum atomic E-state index is -0.159. The number of hydrogen-bond acceptors (Lipinski definition) is 8. The topological polar surface area (TPSA) is 73.3 Å². The van der Waals surface area contributed by atoms with E-state index in [1.807, 2.05) is 36.6 Å². The molecule has 26 heavy (non-hydrogen) atoms. The maximum absolute atomic E-state index is 12.2. The summed E-state index contributed by atoms with van der Waals surface area (Å²) in [5.74, 6) is 2.03. The Hall–Kier alpha value is -2.10. The van der Waals surface area contributed by atoms with E-state index in [1.165, 1.54) is 22.7 Å². The van der Waals surface area contributed by atoms with E-state index in [-0.39, 0.29) is 5.91 Å². The maximum atomic E-state index is 12.2. The molecule has 1 N–H and O–H groups in total. The predicted molar refractivity (Wildman–Crippen MR) is 106 cm³/mol. The van der Waals surface area contributed by atoms with Crippen LogP contribution in [0.5, 0.6) is 11.5 Å². The Morgan fingerprint density at radius 1 is 1.15 bits per heavy atom. The van der Waals surface area contributed by atoms with Gasteiger partial charge in [0.1, 0.15) is 11.5 Å². The van der Waals surface area contributed by atoms with E-state index >= 15 is 0 Å². The number of methoxy groups -OCH3 is 2. The van der Waals surface area contributed by atoms with E-state index in [1.54, 1.807) is 26.0 Å². The Balaban J connectivity index is 1.61. The van der Waals surface area contributed by atoms with E-state index in [2.05, 4.69) is 15.5 Å². The van der Waals surface area contributed by atoms with E-state index in [0.29, 0.717) is 15.8 Å². The number of carbonyl (C=O) groups excluding carboxylic acids is 1. The molecule has 2 heterocycles. The summed E-state index contributed by atoms with van der Waals surface area (Å²) in [5, 5.41) is 13.4. The van der Waals surface area contributed by atoms with Gasteiger partial charge in [0.15, 0.2) is 4.34 Å². The molecule has 9 heteroatoms. The molecule has 2 aromatic heterocycles. The standard InChI is InChI=1S/C17H17N3O3S3/c1-10-4-14(24-8-10)15(21)18-16-19-20-17(26-16)25-9-11-5-12(22-2)7-13(6-11)23-3/h4-8H,9H2,1-3H3,(H,18,19,21). The van der Waals surface area contributed by atoms with Gasteiger partial charge in [-0.3, -0.25) is 10.1 Å². The Bertz CT molecular complexity index is 885. The number of hydrogen-bond donors (Lipinski definition) is 1. The van der Waals surface area contributed by atoms with Crippen LogP contribution in [0, 0.1) is 6.92 Å². The van der Waals surface area contributed by atoms with Crippen LogP contribution in [0.1, 0.15) is 20.8 Å². The second-order valence-electron chi connectivity index (χ2n) is 5.33. The maximum Gasteiger partial charge on any atom is 0.267 e. The smallest absolute Gasteiger partial charge is 0.267 e. The zero-order valence-electron chi connectivity index (χ0n) is 14.4. The van der Waals surface area contributed by atoms with Crippen molar-refractivity contribution in [2.45, 2.75) is 17.0 Å². The summed E-state index contributed by atoms with van der Waals surface area (Å²) < 4.78 is 11.3. The van der Waals surface area contributed by atoms with E-state index < -0.39 is 0 Å². The molecule has 136 valence electrons. The lowest BCUT2D eigenvalue weighted by Gasteiger charge is -2.07. The van der Waals surface area contributed by atoms with Crippen LogP contribution >= 0.6 is 34.4 Å². The van der Waals surface area contributed by atoms with Crippen LogP contribution in [0.3, 0.4) is 0 Å². The van der Waals surface area contributed by atoms with Gasteiger partial charge in [0.2, 0.25) is 5.13 Å². The summed E-state index contributed by atoms with van der Waals surface area (Å²) >= 11 is 4.31. The van der Waals surface area contributed by atoms with Crippen molar-refractivity contribution in [3.05, 3.63) is 45.6 Å². The fraction of sp³-hybridized carbons (Fsp3) is 0.235. The lowest BCUT2D eigenvalue weighted by Crippen LogP contribution is -2.09. The molecule has 0 atom stereocenters. The Morgan fingerprint density at radius 2 is 1.88 bits per heavy atom. The van der Waals surface area contributed by atoms with Crippen molar-refractivity contribution < 1.29 is 14.3 Å². The molecule has 0 radical (unpaired) electrons. The Morgan fingerprint density at radius 3 is 2.50 bits per heavy atom. The molecule has 0 aliphatic rings. The monoisotopic (exact) mass is 407 g/mol. The van der Waals surface area contributed by atoms with Gasteiger partial charge in [-0.15, -0.1) is 21.5 Å². The van der Waals surface area contributed by atoms with Gasteiger partial charge in [0.05, 0.1) is 19.1 Å². The van der Waals surface area contributed by atoms with Crippen LogP contribution in [0.15, 0.2) is 34.0 Å². The number of aromatic nitrogens is 2. The first-order valence-electron chi connectivity index (χ1n) is 7.62. The molecule has 0 saturated carbocycles. The molecule has 0 fully saturated rings. The third kappa shape index (κ3) is 4.75. The summed E-state index contributed by atoms with van der Waals surface area (Å²) in [6.07, 6.45) is 0. The summed E-state index contributed by atoms with van der Waals surface area (Å²) in [4.78, 5) is 12.8. The molecule has 0 spiro atoms. The fourth-order valence-corrected chi connectivity index (χ4v) is 4.59. The van der Waals surface area contributed by atoms with Crippen molar-refractivity contribution >= 4 is 45.5 Å². The van der Waals surface area contributed by atoms with E-state index in [4.69, 9.17) is 9.47 Å². The molecule has 0 aliphatic carbocycles. The van der Waals surface area contributed by atoms with E-state index in [0.717, 1.165) is 27.0 Å². The SMILES string of the molecule is COc1cc(CSc2nnc(NC(=O)c3cc(C)cs3)s2)cc(OC)c1. The van der Waals surface area contributed by atoms with Gasteiger partial charge in [-0.05, 0) is 41.6 Å². The largest absolute Gasteiger partial charge is 0.497 e. The van der Waals surface area contributed by atoms with Crippen molar-refractivity contribution in [2.24, 2.45) is 0 Å². The molecule has 0 unspecified atom stereocenters.